The second kappa shape index (κ2) is 12.6. The van der Waals surface area contributed by atoms with Gasteiger partial charge in [-0.2, -0.15) is 0 Å². The standard InChI is InChI=1S/C51H31N3O/c1-4-11-32(12-5-1)35-19-25-39(26-20-35)49-52-50(42-30-40(33-13-6-2-7-14-33)29-41(31-42)34-15-8-3-9-16-34)54-51(53-49)43-28-27-38-24-23-37-22-21-36-17-10-18-44-45(36)46(37)47(38)48(43)55-44/h1-31H. The number of hydrogen-bond acceptors (Lipinski definition) is 4. The molecular formula is C51H31N3O. The van der Waals surface area contributed by atoms with Gasteiger partial charge in [-0.25, -0.2) is 15.0 Å². The summed E-state index contributed by atoms with van der Waals surface area (Å²) < 4.78 is 6.88. The third-order valence-electron chi connectivity index (χ3n) is 10.7. The maximum Gasteiger partial charge on any atom is 0.167 e. The van der Waals surface area contributed by atoms with Crippen molar-refractivity contribution in [2.24, 2.45) is 0 Å². The van der Waals surface area contributed by atoms with Gasteiger partial charge in [0.05, 0.1) is 5.56 Å². The number of rotatable bonds is 6. The average Bonchev–Trinajstić information content (AvgIpc) is 3.27. The van der Waals surface area contributed by atoms with Crippen LogP contribution in [0.25, 0.3) is 99.9 Å². The lowest BCUT2D eigenvalue weighted by Crippen LogP contribution is -2.03. The van der Waals surface area contributed by atoms with E-state index in [1.54, 1.807) is 0 Å². The van der Waals surface area contributed by atoms with Gasteiger partial charge in [0, 0.05) is 27.3 Å². The third kappa shape index (κ3) is 5.34. The fourth-order valence-corrected chi connectivity index (χ4v) is 7.97. The lowest BCUT2D eigenvalue weighted by molar-refractivity contribution is 0.494. The molecule has 0 unspecified atom stereocenters. The quantitative estimate of drug-likeness (QED) is 0.162. The highest BCUT2D eigenvalue weighted by Crippen LogP contribution is 2.50. The maximum absolute atomic E-state index is 6.88. The summed E-state index contributed by atoms with van der Waals surface area (Å²) in [4.78, 5) is 15.7. The molecule has 0 radical (unpaired) electrons. The highest BCUT2D eigenvalue weighted by molar-refractivity contribution is 6.26. The monoisotopic (exact) mass is 701 g/mol. The van der Waals surface area contributed by atoms with Gasteiger partial charge in [-0.1, -0.05) is 158 Å². The van der Waals surface area contributed by atoms with Crippen molar-refractivity contribution in [2.45, 2.75) is 0 Å². The minimum Gasteiger partial charge on any atom is -0.455 e. The molecule has 1 aliphatic rings. The third-order valence-corrected chi connectivity index (χ3v) is 10.7. The minimum atomic E-state index is 0.555. The fourth-order valence-electron chi connectivity index (χ4n) is 7.97. The predicted molar refractivity (Wildman–Crippen MR) is 225 cm³/mol. The van der Waals surface area contributed by atoms with Crippen LogP contribution in [0.2, 0.25) is 0 Å². The molecule has 0 fully saturated rings. The van der Waals surface area contributed by atoms with Crippen LogP contribution >= 0.6 is 0 Å². The summed E-state index contributed by atoms with van der Waals surface area (Å²) in [5.41, 5.74) is 9.33. The van der Waals surface area contributed by atoms with Crippen LogP contribution in [-0.4, -0.2) is 15.0 Å². The van der Waals surface area contributed by atoms with Crippen LogP contribution in [0.1, 0.15) is 0 Å². The molecule has 9 aromatic carbocycles. The normalized spacial score (nSPS) is 11.8. The zero-order valence-electron chi connectivity index (χ0n) is 29.6. The van der Waals surface area contributed by atoms with Crippen molar-refractivity contribution in [3.63, 3.8) is 0 Å². The summed E-state index contributed by atoms with van der Waals surface area (Å²) in [6, 6.07) is 65.7. The van der Waals surface area contributed by atoms with E-state index >= 15 is 0 Å². The van der Waals surface area contributed by atoms with Gasteiger partial charge >= 0.3 is 0 Å². The van der Waals surface area contributed by atoms with Crippen LogP contribution < -0.4 is 4.74 Å². The Labute approximate surface area is 318 Å². The largest absolute Gasteiger partial charge is 0.455 e. The highest BCUT2D eigenvalue weighted by atomic mass is 16.5. The average molecular weight is 702 g/mol. The van der Waals surface area contributed by atoms with Gasteiger partial charge in [-0.3, -0.25) is 0 Å². The molecule has 0 aliphatic carbocycles. The van der Waals surface area contributed by atoms with E-state index in [1.165, 1.54) is 10.8 Å². The Morgan fingerprint density at radius 2 is 0.745 bits per heavy atom. The SMILES string of the molecule is c1ccc(-c2ccc(-c3nc(-c4cc(-c5ccccc5)cc(-c5ccccc5)c4)nc(-c4ccc5ccc6ccc7cccc8c7c6c5c4O8)n3)cc2)cc1. The molecule has 11 rings (SSSR count). The Morgan fingerprint density at radius 3 is 1.36 bits per heavy atom. The number of aromatic nitrogens is 3. The Morgan fingerprint density at radius 1 is 0.291 bits per heavy atom. The van der Waals surface area contributed by atoms with Crippen LogP contribution in [0.15, 0.2) is 188 Å². The maximum atomic E-state index is 6.88. The molecule has 1 aromatic heterocycles. The molecule has 0 N–H and O–H groups in total. The molecule has 0 atom stereocenters. The van der Waals surface area contributed by atoms with Gasteiger partial charge in [0.1, 0.15) is 11.5 Å². The van der Waals surface area contributed by atoms with Gasteiger partial charge < -0.3 is 4.74 Å². The van der Waals surface area contributed by atoms with Gasteiger partial charge in [-0.15, -0.1) is 0 Å². The van der Waals surface area contributed by atoms with Crippen molar-refractivity contribution >= 4 is 32.3 Å². The first-order valence-electron chi connectivity index (χ1n) is 18.5. The van der Waals surface area contributed by atoms with Crippen molar-refractivity contribution in [1.29, 1.82) is 0 Å². The van der Waals surface area contributed by atoms with Crippen LogP contribution in [-0.2, 0) is 0 Å². The van der Waals surface area contributed by atoms with Gasteiger partial charge in [0.15, 0.2) is 17.5 Å². The van der Waals surface area contributed by atoms with E-state index in [1.807, 2.05) is 18.2 Å². The summed E-state index contributed by atoms with van der Waals surface area (Å²) in [6.45, 7) is 0. The van der Waals surface area contributed by atoms with Crippen molar-refractivity contribution < 1.29 is 4.74 Å². The molecule has 256 valence electrons. The lowest BCUT2D eigenvalue weighted by Gasteiger charge is -2.22. The zero-order chi connectivity index (χ0) is 36.3. The molecule has 0 saturated carbocycles. The molecule has 10 aromatic rings. The van der Waals surface area contributed by atoms with E-state index in [9.17, 15) is 0 Å². The predicted octanol–water partition coefficient (Wildman–Crippen LogP) is 13.4. The first kappa shape index (κ1) is 31.1. The molecule has 4 nitrogen and oxygen atoms in total. The fraction of sp³-hybridized carbons (Fsp3) is 0. The number of hydrogen-bond donors (Lipinski definition) is 0. The van der Waals surface area contributed by atoms with E-state index in [-0.39, 0.29) is 0 Å². The van der Waals surface area contributed by atoms with Crippen molar-refractivity contribution in [1.82, 2.24) is 15.0 Å². The van der Waals surface area contributed by atoms with Crippen LogP contribution in [0, 0.1) is 0 Å². The second-order valence-electron chi connectivity index (χ2n) is 14.0. The Hall–Kier alpha value is -7.43. The Balaban J connectivity index is 1.16. The van der Waals surface area contributed by atoms with Crippen molar-refractivity contribution in [3.8, 4) is 79.0 Å². The summed E-state index contributed by atoms with van der Waals surface area (Å²) in [6.07, 6.45) is 0. The lowest BCUT2D eigenvalue weighted by atomic mass is 9.92. The van der Waals surface area contributed by atoms with Gasteiger partial charge in [0.25, 0.3) is 0 Å². The molecule has 0 spiro atoms. The van der Waals surface area contributed by atoms with E-state index in [2.05, 4.69) is 170 Å². The van der Waals surface area contributed by atoms with Gasteiger partial charge in [-0.05, 0) is 79.9 Å². The molecule has 0 saturated heterocycles. The molecule has 55 heavy (non-hydrogen) atoms. The van der Waals surface area contributed by atoms with Crippen molar-refractivity contribution in [2.75, 3.05) is 0 Å². The Bertz CT molecular complexity index is 3030. The molecule has 4 heteroatoms. The van der Waals surface area contributed by atoms with E-state index in [4.69, 9.17) is 19.7 Å². The summed E-state index contributed by atoms with van der Waals surface area (Å²) in [7, 11) is 0. The highest BCUT2D eigenvalue weighted by Gasteiger charge is 2.25. The first-order valence-corrected chi connectivity index (χ1v) is 18.5. The van der Waals surface area contributed by atoms with Crippen LogP contribution in [0.4, 0.5) is 0 Å². The van der Waals surface area contributed by atoms with E-state index in [0.717, 1.165) is 83.1 Å². The minimum absolute atomic E-state index is 0.555. The smallest absolute Gasteiger partial charge is 0.167 e. The van der Waals surface area contributed by atoms with E-state index < -0.39 is 0 Å². The summed E-state index contributed by atoms with van der Waals surface area (Å²) >= 11 is 0. The zero-order valence-corrected chi connectivity index (χ0v) is 29.6. The molecule has 0 bridgehead atoms. The van der Waals surface area contributed by atoms with E-state index in [0.29, 0.717) is 17.5 Å². The van der Waals surface area contributed by atoms with Crippen LogP contribution in [0.3, 0.4) is 0 Å². The van der Waals surface area contributed by atoms with Gasteiger partial charge in [0.2, 0.25) is 0 Å². The summed E-state index contributed by atoms with van der Waals surface area (Å²) in [5.74, 6) is 3.34. The molecular weight excluding hydrogens is 671 g/mol. The topological polar surface area (TPSA) is 47.9 Å². The van der Waals surface area contributed by atoms with Crippen LogP contribution in [0.5, 0.6) is 11.5 Å². The second-order valence-corrected chi connectivity index (χ2v) is 14.0. The number of ether oxygens (including phenoxy) is 1. The number of nitrogens with zero attached hydrogens (tertiary/aromatic N) is 3. The first-order chi connectivity index (χ1) is 27.2. The Kier molecular flexibility index (Phi) is 7.14. The van der Waals surface area contributed by atoms with Crippen molar-refractivity contribution in [3.05, 3.63) is 188 Å². The molecule has 1 aliphatic heterocycles. The molecule has 2 heterocycles. The summed E-state index contributed by atoms with van der Waals surface area (Å²) in [5, 5.41) is 6.86. The molecule has 0 amide bonds. The number of benzene rings is 9.